The number of carbonyl (C=O) groups is 2. The van der Waals surface area contributed by atoms with Gasteiger partial charge in [-0.15, -0.1) is 0 Å². The smallest absolute Gasteiger partial charge is 0.313 e. The van der Waals surface area contributed by atoms with Gasteiger partial charge in [0.05, 0.1) is 0 Å². The van der Waals surface area contributed by atoms with Crippen LogP contribution in [0.15, 0.2) is 24.3 Å². The summed E-state index contributed by atoms with van der Waals surface area (Å²) in [6.07, 6.45) is 4.20. The van der Waals surface area contributed by atoms with Crippen molar-refractivity contribution in [2.45, 2.75) is 39.2 Å². The summed E-state index contributed by atoms with van der Waals surface area (Å²) in [4.78, 5) is 29.0. The van der Waals surface area contributed by atoms with Crippen LogP contribution in [-0.2, 0) is 16.1 Å². The fourth-order valence-electron chi connectivity index (χ4n) is 5.14. The van der Waals surface area contributed by atoms with Crippen molar-refractivity contribution in [3.05, 3.63) is 35.4 Å². The van der Waals surface area contributed by atoms with Crippen molar-refractivity contribution in [3.8, 4) is 0 Å². The van der Waals surface area contributed by atoms with E-state index >= 15 is 0 Å². The number of aliphatic carboxylic acids is 1. The van der Waals surface area contributed by atoms with Gasteiger partial charge in [0, 0.05) is 44.6 Å². The van der Waals surface area contributed by atoms with Gasteiger partial charge in [-0.1, -0.05) is 42.7 Å². The zero-order valence-corrected chi connectivity index (χ0v) is 15.5. The van der Waals surface area contributed by atoms with Crippen LogP contribution in [0.2, 0.25) is 0 Å². The number of carboxylic acid groups (broad SMARTS) is 1. The number of fused-ring (bicyclic) bond motifs is 1. The number of carboxylic acids is 1. The number of rotatable bonds is 4. The minimum absolute atomic E-state index is 0.0378. The Morgan fingerprint density at radius 2 is 1.81 bits per heavy atom. The van der Waals surface area contributed by atoms with Gasteiger partial charge in [-0.05, 0) is 25.3 Å². The molecule has 0 unspecified atom stereocenters. The Labute approximate surface area is 155 Å². The van der Waals surface area contributed by atoms with Crippen molar-refractivity contribution < 1.29 is 14.7 Å². The molecule has 0 bridgehead atoms. The topological polar surface area (TPSA) is 60.9 Å². The van der Waals surface area contributed by atoms with Crippen molar-refractivity contribution in [2.24, 2.45) is 17.3 Å². The van der Waals surface area contributed by atoms with Crippen LogP contribution >= 0.6 is 0 Å². The standard InChI is InChI=1S/C21H28N2O3/c1-15-6-8-16(9-7-15)10-22-11-18-12-23(14-21(18,13-22)20(25)26)19(24)17-4-2-3-5-17/h6-9,17-18H,2-5,10-14H2,1H3,(H,25,26)/t18-,21-/m0/s1. The normalized spacial score (nSPS) is 29.3. The molecule has 0 aromatic heterocycles. The lowest BCUT2D eigenvalue weighted by Crippen LogP contribution is -2.42. The van der Waals surface area contributed by atoms with E-state index in [1.165, 1.54) is 11.1 Å². The minimum atomic E-state index is -0.793. The third-order valence-corrected chi connectivity index (χ3v) is 6.65. The monoisotopic (exact) mass is 356 g/mol. The van der Waals surface area contributed by atoms with E-state index in [1.807, 2.05) is 4.90 Å². The van der Waals surface area contributed by atoms with Crippen LogP contribution in [0.5, 0.6) is 0 Å². The number of likely N-dealkylation sites (tertiary alicyclic amines) is 2. The zero-order chi connectivity index (χ0) is 18.3. The van der Waals surface area contributed by atoms with E-state index in [0.717, 1.165) is 38.8 Å². The highest BCUT2D eigenvalue weighted by atomic mass is 16.4. The third-order valence-electron chi connectivity index (χ3n) is 6.65. The summed E-state index contributed by atoms with van der Waals surface area (Å²) in [6, 6.07) is 8.43. The lowest BCUT2D eigenvalue weighted by atomic mass is 9.81. The first-order chi connectivity index (χ1) is 12.5. The summed E-state index contributed by atoms with van der Waals surface area (Å²) >= 11 is 0. The first-order valence-electron chi connectivity index (χ1n) is 9.78. The molecule has 0 radical (unpaired) electrons. The second kappa shape index (κ2) is 6.69. The summed E-state index contributed by atoms with van der Waals surface area (Å²) in [7, 11) is 0. The lowest BCUT2D eigenvalue weighted by Gasteiger charge is -2.27. The summed E-state index contributed by atoms with van der Waals surface area (Å²) in [5, 5.41) is 9.99. The molecule has 2 aliphatic heterocycles. The maximum absolute atomic E-state index is 12.8. The molecule has 2 saturated heterocycles. The van der Waals surface area contributed by atoms with Crippen molar-refractivity contribution in [2.75, 3.05) is 26.2 Å². The number of nitrogens with zero attached hydrogens (tertiary/aromatic N) is 2. The van der Waals surface area contributed by atoms with Gasteiger partial charge in [0.25, 0.3) is 0 Å². The molecule has 2 heterocycles. The first kappa shape index (κ1) is 17.5. The summed E-state index contributed by atoms with van der Waals surface area (Å²) in [5.41, 5.74) is 1.66. The Morgan fingerprint density at radius 3 is 2.42 bits per heavy atom. The van der Waals surface area contributed by atoms with Crippen LogP contribution in [-0.4, -0.2) is 53.0 Å². The molecule has 1 amide bonds. The second-order valence-corrected chi connectivity index (χ2v) is 8.51. The fourth-order valence-corrected chi connectivity index (χ4v) is 5.14. The van der Waals surface area contributed by atoms with E-state index in [1.54, 1.807) is 0 Å². The van der Waals surface area contributed by atoms with Crippen LogP contribution in [0.3, 0.4) is 0 Å². The van der Waals surface area contributed by atoms with Crippen LogP contribution in [0.4, 0.5) is 0 Å². The number of benzene rings is 1. The third kappa shape index (κ3) is 3.02. The maximum Gasteiger partial charge on any atom is 0.313 e. The molecule has 3 aliphatic rings. The molecular formula is C21H28N2O3. The largest absolute Gasteiger partial charge is 0.481 e. The molecular weight excluding hydrogens is 328 g/mol. The Kier molecular flexibility index (Phi) is 4.51. The zero-order valence-electron chi connectivity index (χ0n) is 15.5. The lowest BCUT2D eigenvalue weighted by molar-refractivity contribution is -0.149. The van der Waals surface area contributed by atoms with Crippen molar-refractivity contribution in [3.63, 3.8) is 0 Å². The van der Waals surface area contributed by atoms with Gasteiger partial charge in [-0.3, -0.25) is 14.5 Å². The molecule has 5 nitrogen and oxygen atoms in total. The highest BCUT2D eigenvalue weighted by molar-refractivity contribution is 5.83. The Hall–Kier alpha value is -1.88. The maximum atomic E-state index is 12.8. The van der Waals surface area contributed by atoms with E-state index in [4.69, 9.17) is 0 Å². The van der Waals surface area contributed by atoms with Gasteiger partial charge < -0.3 is 10.0 Å². The molecule has 1 saturated carbocycles. The van der Waals surface area contributed by atoms with Gasteiger partial charge in [-0.2, -0.15) is 0 Å². The highest BCUT2D eigenvalue weighted by Gasteiger charge is 2.58. The Balaban J connectivity index is 1.45. The molecule has 140 valence electrons. The number of carbonyl (C=O) groups excluding carboxylic acids is 1. The average Bonchev–Trinajstić information content (AvgIpc) is 3.30. The average molecular weight is 356 g/mol. The number of amides is 1. The number of hydrogen-bond donors (Lipinski definition) is 1. The number of hydrogen-bond acceptors (Lipinski definition) is 3. The fraction of sp³-hybridized carbons (Fsp3) is 0.619. The Bertz CT molecular complexity index is 696. The summed E-state index contributed by atoms with van der Waals surface area (Å²) < 4.78 is 0. The van der Waals surface area contributed by atoms with Gasteiger partial charge >= 0.3 is 5.97 Å². The van der Waals surface area contributed by atoms with Crippen molar-refractivity contribution >= 4 is 11.9 Å². The first-order valence-corrected chi connectivity index (χ1v) is 9.78. The SMILES string of the molecule is Cc1ccc(CN2C[C@H]3CN(C(=O)C4CCCC4)C[C@@]3(C(=O)O)C2)cc1. The van der Waals surface area contributed by atoms with Gasteiger partial charge in [0.15, 0.2) is 0 Å². The van der Waals surface area contributed by atoms with Gasteiger partial charge in [0.2, 0.25) is 5.91 Å². The van der Waals surface area contributed by atoms with Crippen LogP contribution in [0.1, 0.15) is 36.8 Å². The molecule has 1 aliphatic carbocycles. The molecule has 4 rings (SSSR count). The van der Waals surface area contributed by atoms with E-state index < -0.39 is 11.4 Å². The van der Waals surface area contributed by atoms with Crippen molar-refractivity contribution in [1.82, 2.24) is 9.80 Å². The van der Waals surface area contributed by atoms with Crippen LogP contribution in [0.25, 0.3) is 0 Å². The molecule has 1 aromatic carbocycles. The molecule has 1 N–H and O–H groups in total. The molecule has 26 heavy (non-hydrogen) atoms. The van der Waals surface area contributed by atoms with Crippen LogP contribution in [0, 0.1) is 24.2 Å². The summed E-state index contributed by atoms with van der Waals surface area (Å²) in [6.45, 7) is 5.13. The minimum Gasteiger partial charge on any atom is -0.481 e. The molecule has 5 heteroatoms. The molecule has 3 fully saturated rings. The predicted molar refractivity (Wildman–Crippen MR) is 98.6 cm³/mol. The van der Waals surface area contributed by atoms with E-state index in [0.29, 0.717) is 19.6 Å². The molecule has 1 aromatic rings. The van der Waals surface area contributed by atoms with E-state index in [-0.39, 0.29) is 17.7 Å². The molecule has 0 spiro atoms. The van der Waals surface area contributed by atoms with Crippen molar-refractivity contribution in [1.29, 1.82) is 0 Å². The Morgan fingerprint density at radius 1 is 1.12 bits per heavy atom. The predicted octanol–water partition coefficient (Wildman–Crippen LogP) is 2.53. The van der Waals surface area contributed by atoms with Crippen LogP contribution < -0.4 is 0 Å². The quantitative estimate of drug-likeness (QED) is 0.901. The number of aryl methyl sites for hydroxylation is 1. The van der Waals surface area contributed by atoms with Gasteiger partial charge in [0.1, 0.15) is 5.41 Å². The van der Waals surface area contributed by atoms with Gasteiger partial charge in [-0.25, -0.2) is 0 Å². The van der Waals surface area contributed by atoms with E-state index in [2.05, 4.69) is 36.1 Å². The summed E-state index contributed by atoms with van der Waals surface area (Å²) in [5.74, 6) is -0.377. The highest BCUT2D eigenvalue weighted by Crippen LogP contribution is 2.44. The molecule has 2 atom stereocenters. The van der Waals surface area contributed by atoms with E-state index in [9.17, 15) is 14.7 Å². The second-order valence-electron chi connectivity index (χ2n) is 8.51.